The minimum absolute atomic E-state index is 0.107. The van der Waals surface area contributed by atoms with E-state index < -0.39 is 5.41 Å². The minimum Gasteiger partial charge on any atom is -0.310 e. The lowest BCUT2D eigenvalue weighted by Crippen LogP contribution is -2.28. The van der Waals surface area contributed by atoms with Gasteiger partial charge in [0.25, 0.3) is 0 Å². The molecule has 14 aromatic rings. The highest BCUT2D eigenvalue weighted by Gasteiger charge is 2.46. The Morgan fingerprint density at radius 2 is 0.795 bits per heavy atom. The van der Waals surface area contributed by atoms with Crippen LogP contribution in [0.1, 0.15) is 27.7 Å². The van der Waals surface area contributed by atoms with Crippen LogP contribution < -0.4 is 9.80 Å². The summed E-state index contributed by atoms with van der Waals surface area (Å²) in [6, 6.07) is 99.5. The average molecular weight is 998 g/mol. The standard InChI is InChI=1S/C75H51N3/c1-5-21-58(22-6-1)75(59-23-7-2-8-24-59)71-31-17-15-29-67(71)68-45-43-65(50-72(68)75)77(66-44-46-70-69-30-16-18-32-73(69)78(74(70)51-66)61-27-11-4-12-28-61)64-42-38-56-47-55(33-34-57(56)49-64)53-35-39-62(40-36-53)76(60-25-9-3-10-26-60)63-41-37-52-19-13-14-20-54(52)48-63/h1-51H/i35D,36D,39D,40D. The van der Waals surface area contributed by atoms with Crippen LogP contribution in [0.2, 0.25) is 0 Å². The Morgan fingerprint density at radius 3 is 1.54 bits per heavy atom. The molecule has 0 unspecified atom stereocenters. The molecule has 0 bridgehead atoms. The predicted octanol–water partition coefficient (Wildman–Crippen LogP) is 20.1. The largest absolute Gasteiger partial charge is 0.310 e. The zero-order chi connectivity index (χ0) is 55.1. The highest BCUT2D eigenvalue weighted by atomic mass is 15.1. The average Bonchev–Trinajstić information content (AvgIpc) is 3.11. The molecule has 0 saturated carbocycles. The third-order valence-electron chi connectivity index (χ3n) is 15.8. The van der Waals surface area contributed by atoms with Crippen molar-refractivity contribution in [1.82, 2.24) is 4.57 Å². The van der Waals surface area contributed by atoms with Gasteiger partial charge in [-0.15, -0.1) is 0 Å². The van der Waals surface area contributed by atoms with Gasteiger partial charge >= 0.3 is 0 Å². The van der Waals surface area contributed by atoms with Crippen molar-refractivity contribution in [3.05, 3.63) is 332 Å². The summed E-state index contributed by atoms with van der Waals surface area (Å²) < 4.78 is 40.9. The van der Waals surface area contributed by atoms with Crippen molar-refractivity contribution in [1.29, 1.82) is 0 Å². The van der Waals surface area contributed by atoms with Crippen molar-refractivity contribution in [2.45, 2.75) is 5.41 Å². The molecule has 0 radical (unpaired) electrons. The third kappa shape index (κ3) is 7.35. The quantitative estimate of drug-likeness (QED) is 0.135. The van der Waals surface area contributed by atoms with Crippen LogP contribution >= 0.6 is 0 Å². The van der Waals surface area contributed by atoms with Gasteiger partial charge in [-0.2, -0.15) is 0 Å². The molecular formula is C75H51N3. The zero-order valence-electron chi connectivity index (χ0n) is 46.5. The second-order valence-corrected chi connectivity index (χ2v) is 20.2. The third-order valence-corrected chi connectivity index (χ3v) is 15.8. The molecule has 0 fully saturated rings. The van der Waals surface area contributed by atoms with Crippen LogP contribution in [0.25, 0.3) is 71.3 Å². The Balaban J connectivity index is 0.905. The SMILES string of the molecule is [2H]c1c([2H])c(N(c2ccccc2)c2ccc3ccccc3c2)c([2H])c([2H])c1-c1ccc2cc(N(c3ccc4c(c3)C(c3ccccc3)(c3ccccc3)c3ccccc3-4)c3ccc4c5ccccc5n(-c5ccccc5)c4c3)ccc2c1. The van der Waals surface area contributed by atoms with Crippen molar-refractivity contribution in [2.75, 3.05) is 9.80 Å². The molecule has 1 aromatic heterocycles. The summed E-state index contributed by atoms with van der Waals surface area (Å²) in [6.45, 7) is 0. The van der Waals surface area contributed by atoms with Crippen molar-refractivity contribution in [3.8, 4) is 27.9 Å². The van der Waals surface area contributed by atoms with Crippen molar-refractivity contribution in [2.24, 2.45) is 0 Å². The Hall–Kier alpha value is -10.2. The van der Waals surface area contributed by atoms with Crippen LogP contribution in [-0.4, -0.2) is 4.57 Å². The molecular weight excluding hydrogens is 943 g/mol. The summed E-state index contributed by atoms with van der Waals surface area (Å²) >= 11 is 0. The number of benzene rings is 13. The molecule has 0 aliphatic heterocycles. The van der Waals surface area contributed by atoms with E-state index in [1.807, 2.05) is 89.8 Å². The topological polar surface area (TPSA) is 11.4 Å². The minimum atomic E-state index is -0.612. The summed E-state index contributed by atoms with van der Waals surface area (Å²) in [5, 5.41) is 6.28. The summed E-state index contributed by atoms with van der Waals surface area (Å²) in [6.07, 6.45) is 0. The molecule has 78 heavy (non-hydrogen) atoms. The van der Waals surface area contributed by atoms with E-state index in [9.17, 15) is 5.48 Å². The Labute approximate surface area is 460 Å². The molecule has 0 saturated heterocycles. The van der Waals surface area contributed by atoms with Gasteiger partial charge in [0.05, 0.1) is 21.9 Å². The second kappa shape index (κ2) is 18.6. The normalized spacial score (nSPS) is 13.2. The molecule has 366 valence electrons. The number of para-hydroxylation sites is 3. The summed E-state index contributed by atoms with van der Waals surface area (Å²) in [4.78, 5) is 4.21. The lowest BCUT2D eigenvalue weighted by atomic mass is 9.67. The Bertz CT molecular complexity index is 4740. The number of nitrogens with zero attached hydrogens (tertiary/aromatic N) is 3. The maximum absolute atomic E-state index is 9.63. The van der Waals surface area contributed by atoms with Crippen molar-refractivity contribution >= 4 is 77.5 Å². The second-order valence-electron chi connectivity index (χ2n) is 20.2. The van der Waals surface area contributed by atoms with E-state index in [4.69, 9.17) is 0 Å². The molecule has 1 heterocycles. The molecule has 15 rings (SSSR count). The Morgan fingerprint density at radius 1 is 0.295 bits per heavy atom. The fourth-order valence-corrected chi connectivity index (χ4v) is 12.4. The van der Waals surface area contributed by atoms with E-state index >= 15 is 0 Å². The summed E-state index contributed by atoms with van der Waals surface area (Å²) in [5.41, 5.74) is 15.4. The molecule has 1 aliphatic carbocycles. The van der Waals surface area contributed by atoms with E-state index in [0.29, 0.717) is 5.56 Å². The van der Waals surface area contributed by atoms with E-state index in [1.165, 1.54) is 38.8 Å². The van der Waals surface area contributed by atoms with Crippen molar-refractivity contribution < 1.29 is 5.48 Å². The van der Waals surface area contributed by atoms with Crippen LogP contribution in [0.4, 0.5) is 34.1 Å². The van der Waals surface area contributed by atoms with Crippen LogP contribution in [0.15, 0.2) is 309 Å². The predicted molar refractivity (Wildman–Crippen MR) is 328 cm³/mol. The molecule has 0 spiro atoms. The Kier molecular flexibility index (Phi) is 9.77. The van der Waals surface area contributed by atoms with E-state index in [0.717, 1.165) is 72.1 Å². The molecule has 3 nitrogen and oxygen atoms in total. The number of rotatable bonds is 10. The highest BCUT2D eigenvalue weighted by Crippen LogP contribution is 2.57. The van der Waals surface area contributed by atoms with Crippen LogP contribution in [0.3, 0.4) is 0 Å². The highest BCUT2D eigenvalue weighted by molar-refractivity contribution is 6.10. The number of fused-ring (bicyclic) bond motifs is 8. The van der Waals surface area contributed by atoms with E-state index in [2.05, 4.69) is 210 Å². The van der Waals surface area contributed by atoms with Gasteiger partial charge in [0.1, 0.15) is 0 Å². The number of anilines is 6. The molecule has 3 heteroatoms. The number of aromatic nitrogens is 1. The molecule has 0 N–H and O–H groups in total. The van der Waals surface area contributed by atoms with Crippen LogP contribution in [-0.2, 0) is 5.41 Å². The smallest absolute Gasteiger partial charge is 0.0714 e. The number of hydrogen-bond donors (Lipinski definition) is 0. The van der Waals surface area contributed by atoms with Gasteiger partial charge in [-0.05, 0) is 163 Å². The number of hydrogen-bond acceptors (Lipinski definition) is 2. The first-order chi connectivity index (χ1) is 40.3. The maximum atomic E-state index is 9.63. The van der Waals surface area contributed by atoms with Gasteiger partial charge in [-0.25, -0.2) is 0 Å². The molecule has 0 atom stereocenters. The summed E-state index contributed by atoms with van der Waals surface area (Å²) in [7, 11) is 0. The van der Waals surface area contributed by atoms with Gasteiger partial charge in [-0.3, -0.25) is 0 Å². The fourth-order valence-electron chi connectivity index (χ4n) is 12.4. The fraction of sp³-hybridized carbons (Fsp3) is 0.0133. The lowest BCUT2D eigenvalue weighted by Gasteiger charge is -2.35. The monoisotopic (exact) mass is 997 g/mol. The first-order valence-electron chi connectivity index (χ1n) is 28.6. The van der Waals surface area contributed by atoms with Gasteiger partial charge in [-0.1, -0.05) is 212 Å². The van der Waals surface area contributed by atoms with Gasteiger partial charge in [0.2, 0.25) is 0 Å². The molecule has 13 aromatic carbocycles. The van der Waals surface area contributed by atoms with Gasteiger partial charge in [0, 0.05) is 50.6 Å². The first-order valence-corrected chi connectivity index (χ1v) is 26.6. The molecule has 0 amide bonds. The first kappa shape index (κ1) is 41.1. The molecule has 1 aliphatic rings. The van der Waals surface area contributed by atoms with Gasteiger partial charge in [0.15, 0.2) is 0 Å². The van der Waals surface area contributed by atoms with Crippen LogP contribution in [0.5, 0.6) is 0 Å². The van der Waals surface area contributed by atoms with E-state index in [1.54, 1.807) is 0 Å². The van der Waals surface area contributed by atoms with E-state index in [-0.39, 0.29) is 35.4 Å². The maximum Gasteiger partial charge on any atom is 0.0714 e. The van der Waals surface area contributed by atoms with Crippen molar-refractivity contribution in [3.63, 3.8) is 0 Å². The van der Waals surface area contributed by atoms with Gasteiger partial charge < -0.3 is 14.4 Å². The van der Waals surface area contributed by atoms with Crippen LogP contribution in [0, 0.1) is 0 Å². The lowest BCUT2D eigenvalue weighted by molar-refractivity contribution is 0.768. The summed E-state index contributed by atoms with van der Waals surface area (Å²) in [5.74, 6) is 0. The zero-order valence-corrected chi connectivity index (χ0v) is 42.5.